The van der Waals surface area contributed by atoms with Gasteiger partial charge in [-0.15, -0.1) is 0 Å². The number of aromatic nitrogens is 1. The van der Waals surface area contributed by atoms with Gasteiger partial charge in [0, 0.05) is 25.7 Å². The van der Waals surface area contributed by atoms with Gasteiger partial charge in [-0.1, -0.05) is 0 Å². The largest absolute Gasteiger partial charge is 0.484 e. The molecule has 0 spiro atoms. The zero-order valence-electron chi connectivity index (χ0n) is 15.7. The van der Waals surface area contributed by atoms with Crippen LogP contribution < -0.4 is 14.2 Å². The van der Waals surface area contributed by atoms with Crippen molar-refractivity contribution in [1.82, 2.24) is 14.8 Å². The van der Waals surface area contributed by atoms with Crippen LogP contribution in [-0.2, 0) is 11.4 Å². The van der Waals surface area contributed by atoms with Crippen molar-refractivity contribution in [1.29, 1.82) is 0 Å². The zero-order valence-corrected chi connectivity index (χ0v) is 15.7. The lowest BCUT2D eigenvalue weighted by molar-refractivity contribution is -0.139. The van der Waals surface area contributed by atoms with Gasteiger partial charge in [-0.05, 0) is 26.0 Å². The Morgan fingerprint density at radius 2 is 2.11 bits per heavy atom. The Kier molecular flexibility index (Phi) is 4.81. The second kappa shape index (κ2) is 7.41. The summed E-state index contributed by atoms with van der Waals surface area (Å²) in [7, 11) is 0. The molecule has 9 heteroatoms. The van der Waals surface area contributed by atoms with Crippen LogP contribution >= 0.6 is 0 Å². The molecule has 2 aliphatic rings. The molecule has 9 nitrogen and oxygen atoms in total. The van der Waals surface area contributed by atoms with Crippen LogP contribution in [0.5, 0.6) is 17.2 Å². The summed E-state index contributed by atoms with van der Waals surface area (Å²) in [6.07, 6.45) is 1.30. The van der Waals surface area contributed by atoms with Gasteiger partial charge in [0.1, 0.15) is 18.1 Å². The van der Waals surface area contributed by atoms with Gasteiger partial charge in [0.15, 0.2) is 23.8 Å². The molecular formula is C19H21N3O6. The maximum atomic E-state index is 12.7. The molecule has 0 saturated carbocycles. The van der Waals surface area contributed by atoms with Gasteiger partial charge >= 0.3 is 0 Å². The second-order valence-electron chi connectivity index (χ2n) is 6.52. The number of hydrogen-bond donors (Lipinski definition) is 0. The van der Waals surface area contributed by atoms with Crippen LogP contribution in [0, 0.1) is 0 Å². The Morgan fingerprint density at radius 1 is 1.29 bits per heavy atom. The minimum absolute atomic E-state index is 0.0584. The number of rotatable bonds is 5. The molecule has 2 aromatic rings. The fourth-order valence-electron chi connectivity index (χ4n) is 3.26. The highest BCUT2D eigenvalue weighted by atomic mass is 16.7. The summed E-state index contributed by atoms with van der Waals surface area (Å²) in [5.41, 5.74) is 0.161. The predicted octanol–water partition coefficient (Wildman–Crippen LogP) is 1.68. The molecule has 2 amide bonds. The van der Waals surface area contributed by atoms with Gasteiger partial charge in [-0.3, -0.25) is 9.59 Å². The Labute approximate surface area is 161 Å². The van der Waals surface area contributed by atoms with Crippen LogP contribution in [-0.4, -0.2) is 59.1 Å². The molecule has 0 aliphatic carbocycles. The monoisotopic (exact) mass is 387 g/mol. The molecule has 1 aromatic heterocycles. The smallest absolute Gasteiger partial charge is 0.276 e. The SMILES string of the molecule is CCN1CCN(C(=O)c2coc(COc3ccc4c(c3)OCO4)n2)[C@@H](C)C1=O. The molecule has 0 N–H and O–H groups in total. The number of likely N-dealkylation sites (N-methyl/N-ethyl adjacent to an activating group) is 1. The molecule has 3 heterocycles. The number of oxazole rings is 1. The first-order valence-corrected chi connectivity index (χ1v) is 9.13. The number of hydrogen-bond acceptors (Lipinski definition) is 7. The first kappa shape index (κ1) is 18.1. The van der Waals surface area contributed by atoms with E-state index in [0.29, 0.717) is 36.9 Å². The Hall–Kier alpha value is -3.23. The summed E-state index contributed by atoms with van der Waals surface area (Å²) < 4.78 is 21.6. The molecular weight excluding hydrogens is 366 g/mol. The maximum absolute atomic E-state index is 12.7. The Bertz CT molecular complexity index is 896. The summed E-state index contributed by atoms with van der Waals surface area (Å²) >= 11 is 0. The van der Waals surface area contributed by atoms with Crippen LogP contribution in [0.15, 0.2) is 28.9 Å². The van der Waals surface area contributed by atoms with Gasteiger partial charge in [-0.25, -0.2) is 4.98 Å². The van der Waals surface area contributed by atoms with E-state index in [1.54, 1.807) is 30.0 Å². The predicted molar refractivity (Wildman–Crippen MR) is 96.2 cm³/mol. The number of piperazine rings is 1. The van der Waals surface area contributed by atoms with E-state index < -0.39 is 6.04 Å². The summed E-state index contributed by atoms with van der Waals surface area (Å²) in [6, 6.07) is 4.71. The second-order valence-corrected chi connectivity index (χ2v) is 6.52. The van der Waals surface area contributed by atoms with Crippen LogP contribution in [0.1, 0.15) is 30.2 Å². The number of carbonyl (C=O) groups is 2. The highest BCUT2D eigenvalue weighted by molar-refractivity contribution is 5.96. The number of benzene rings is 1. The van der Waals surface area contributed by atoms with E-state index in [1.165, 1.54) is 11.2 Å². The van der Waals surface area contributed by atoms with Crippen LogP contribution in [0.2, 0.25) is 0 Å². The van der Waals surface area contributed by atoms with E-state index in [1.807, 2.05) is 6.92 Å². The average molecular weight is 387 g/mol. The third kappa shape index (κ3) is 3.35. The van der Waals surface area contributed by atoms with Crippen molar-refractivity contribution in [2.45, 2.75) is 26.5 Å². The standard InChI is InChI=1S/C19H21N3O6/c1-3-21-6-7-22(12(2)18(21)23)19(24)14-9-26-17(20-14)10-25-13-4-5-15-16(8-13)28-11-27-15/h4-5,8-9,12H,3,6-7,10-11H2,1-2H3/t12-/m0/s1. The van der Waals surface area contributed by atoms with Crippen LogP contribution in [0.4, 0.5) is 0 Å². The molecule has 28 heavy (non-hydrogen) atoms. The van der Waals surface area contributed by atoms with Gasteiger partial charge in [0.25, 0.3) is 5.91 Å². The summed E-state index contributed by atoms with van der Waals surface area (Å²) in [5.74, 6) is 1.75. The van der Waals surface area contributed by atoms with Crippen molar-refractivity contribution in [2.24, 2.45) is 0 Å². The van der Waals surface area contributed by atoms with Crippen molar-refractivity contribution >= 4 is 11.8 Å². The van der Waals surface area contributed by atoms with Crippen molar-refractivity contribution in [3.63, 3.8) is 0 Å². The topological polar surface area (TPSA) is 94.3 Å². The number of carbonyl (C=O) groups excluding carboxylic acids is 2. The number of ether oxygens (including phenoxy) is 3. The maximum Gasteiger partial charge on any atom is 0.276 e. The minimum atomic E-state index is -0.522. The van der Waals surface area contributed by atoms with E-state index in [0.717, 1.165) is 0 Å². The summed E-state index contributed by atoms with van der Waals surface area (Å²) in [5, 5.41) is 0. The van der Waals surface area contributed by atoms with Gasteiger partial charge in [-0.2, -0.15) is 0 Å². The summed E-state index contributed by atoms with van der Waals surface area (Å²) in [6.45, 7) is 5.52. The van der Waals surface area contributed by atoms with Gasteiger partial charge < -0.3 is 28.4 Å². The van der Waals surface area contributed by atoms with E-state index >= 15 is 0 Å². The molecule has 0 bridgehead atoms. The van der Waals surface area contributed by atoms with Crippen molar-refractivity contribution < 1.29 is 28.2 Å². The molecule has 0 radical (unpaired) electrons. The van der Waals surface area contributed by atoms with E-state index in [4.69, 9.17) is 18.6 Å². The third-order valence-corrected chi connectivity index (χ3v) is 4.87. The number of nitrogens with zero attached hydrogens (tertiary/aromatic N) is 3. The molecule has 1 fully saturated rings. The Balaban J connectivity index is 1.39. The first-order chi connectivity index (χ1) is 13.6. The first-order valence-electron chi connectivity index (χ1n) is 9.13. The molecule has 4 rings (SSSR count). The lowest BCUT2D eigenvalue weighted by Crippen LogP contribution is -2.57. The lowest BCUT2D eigenvalue weighted by Gasteiger charge is -2.38. The number of amides is 2. The third-order valence-electron chi connectivity index (χ3n) is 4.87. The van der Waals surface area contributed by atoms with E-state index in [2.05, 4.69) is 4.98 Å². The zero-order chi connectivity index (χ0) is 19.7. The van der Waals surface area contributed by atoms with Crippen molar-refractivity contribution in [3.8, 4) is 17.2 Å². The van der Waals surface area contributed by atoms with E-state index in [-0.39, 0.29) is 36.8 Å². The number of fused-ring (bicyclic) bond motifs is 1. The van der Waals surface area contributed by atoms with Crippen molar-refractivity contribution in [3.05, 3.63) is 36.0 Å². The van der Waals surface area contributed by atoms with Crippen LogP contribution in [0.3, 0.4) is 0 Å². The van der Waals surface area contributed by atoms with Crippen LogP contribution in [0.25, 0.3) is 0 Å². The Morgan fingerprint density at radius 3 is 2.93 bits per heavy atom. The van der Waals surface area contributed by atoms with Gasteiger partial charge in [0.2, 0.25) is 18.6 Å². The average Bonchev–Trinajstić information content (AvgIpc) is 3.37. The highest BCUT2D eigenvalue weighted by Gasteiger charge is 2.35. The molecule has 1 aromatic carbocycles. The van der Waals surface area contributed by atoms with E-state index in [9.17, 15) is 9.59 Å². The normalized spacial score (nSPS) is 18.5. The molecule has 1 saturated heterocycles. The minimum Gasteiger partial charge on any atom is -0.484 e. The molecule has 2 aliphatic heterocycles. The lowest BCUT2D eigenvalue weighted by atomic mass is 10.1. The fourth-order valence-corrected chi connectivity index (χ4v) is 3.26. The van der Waals surface area contributed by atoms with Gasteiger partial charge in [0.05, 0.1) is 0 Å². The molecule has 148 valence electrons. The summed E-state index contributed by atoms with van der Waals surface area (Å²) in [4.78, 5) is 32.5. The van der Waals surface area contributed by atoms with Crippen molar-refractivity contribution in [2.75, 3.05) is 26.4 Å². The quantitative estimate of drug-likeness (QED) is 0.770. The fraction of sp³-hybridized carbons (Fsp3) is 0.421. The highest BCUT2D eigenvalue weighted by Crippen LogP contribution is 2.35. The molecule has 1 atom stereocenters. The molecule has 0 unspecified atom stereocenters.